The third kappa shape index (κ3) is 2.92. The minimum absolute atomic E-state index is 0.294. The molecule has 3 aliphatic rings. The zero-order chi connectivity index (χ0) is 17.4. The summed E-state index contributed by atoms with van der Waals surface area (Å²) in [7, 11) is 6.92. The normalized spacial score (nSPS) is 32.7. The molecule has 5 rings (SSSR count). The molecular weight excluding hydrogens is 304 g/mol. The van der Waals surface area contributed by atoms with E-state index in [-0.39, 0.29) is 0 Å². The summed E-state index contributed by atoms with van der Waals surface area (Å²) in [6, 6.07) is 23.0. The summed E-state index contributed by atoms with van der Waals surface area (Å²) in [5, 5.41) is 0. The lowest BCUT2D eigenvalue weighted by Gasteiger charge is -2.50. The smallest absolute Gasteiger partial charge is 0.0231 e. The Kier molecular flexibility index (Phi) is 4.43. The van der Waals surface area contributed by atoms with Gasteiger partial charge in [-0.2, -0.15) is 0 Å². The van der Waals surface area contributed by atoms with Crippen molar-refractivity contribution in [1.82, 2.24) is 9.80 Å². The number of rotatable bonds is 3. The van der Waals surface area contributed by atoms with Gasteiger partial charge in [-0.05, 0) is 58.1 Å². The van der Waals surface area contributed by atoms with Crippen LogP contribution in [0.1, 0.15) is 42.2 Å². The molecule has 0 radical (unpaired) electrons. The number of benzene rings is 2. The average molecular weight is 335 g/mol. The predicted octanol–water partition coefficient (Wildman–Crippen LogP) is 4.35. The van der Waals surface area contributed by atoms with Crippen LogP contribution >= 0.6 is 0 Å². The van der Waals surface area contributed by atoms with Crippen LogP contribution in [0.3, 0.4) is 0 Å². The molecule has 2 atom stereocenters. The third-order valence-corrected chi connectivity index (χ3v) is 6.87. The molecule has 25 heavy (non-hydrogen) atoms. The van der Waals surface area contributed by atoms with Crippen molar-refractivity contribution in [2.24, 2.45) is 0 Å². The molecule has 2 aliphatic heterocycles. The molecule has 0 spiro atoms. The summed E-state index contributed by atoms with van der Waals surface area (Å²) in [5.74, 6) is 1.19. The number of hydrogen-bond acceptors (Lipinski definition) is 2. The van der Waals surface area contributed by atoms with Crippen LogP contribution in [-0.4, -0.2) is 49.1 Å². The van der Waals surface area contributed by atoms with Gasteiger partial charge in [-0.25, -0.2) is 0 Å². The Bertz CT molecular complexity index is 645. The first-order valence-corrected chi connectivity index (χ1v) is 9.58. The van der Waals surface area contributed by atoms with Crippen LogP contribution in [0, 0.1) is 0 Å². The second-order valence-electron chi connectivity index (χ2n) is 8.28. The van der Waals surface area contributed by atoms with Gasteiger partial charge in [-0.3, -0.25) is 0 Å². The monoisotopic (exact) mass is 334 g/mol. The number of likely N-dealkylation sites (N-methyl/N-ethyl adjacent to an activating group) is 1. The zero-order valence-corrected chi connectivity index (χ0v) is 15.7. The quantitative estimate of drug-likeness (QED) is 0.823. The van der Waals surface area contributed by atoms with E-state index in [2.05, 4.69) is 91.6 Å². The first kappa shape index (κ1) is 16.8. The van der Waals surface area contributed by atoms with Crippen molar-refractivity contribution < 1.29 is 0 Å². The Balaban J connectivity index is 1.83. The van der Waals surface area contributed by atoms with Crippen molar-refractivity contribution >= 4 is 0 Å². The predicted molar refractivity (Wildman–Crippen MR) is 105 cm³/mol. The molecule has 2 saturated heterocycles. The molecule has 3 fully saturated rings. The van der Waals surface area contributed by atoms with E-state index in [1.165, 1.54) is 36.9 Å². The fourth-order valence-electron chi connectivity index (χ4n) is 5.40. The fraction of sp³-hybridized carbons (Fsp3) is 0.478. The summed E-state index contributed by atoms with van der Waals surface area (Å²) in [4.78, 5) is 5.17. The van der Waals surface area contributed by atoms with Gasteiger partial charge < -0.3 is 9.80 Å². The minimum atomic E-state index is 0.294. The standard InChI is InChI=1S/C23H30N2/c1-24(2)23-14-15-25(3)22(20(16-23)18-10-6-4-7-11-18)21(17-23)19-12-8-5-9-13-19/h4-13,20-22H,14-17H2,1-3H3/t20-,21-,22?,23?/m0/s1. The van der Waals surface area contributed by atoms with Gasteiger partial charge >= 0.3 is 0 Å². The molecule has 2 bridgehead atoms. The lowest BCUT2D eigenvalue weighted by molar-refractivity contribution is 0.0701. The fourth-order valence-corrected chi connectivity index (χ4v) is 5.40. The lowest BCUT2D eigenvalue weighted by atomic mass is 9.63. The highest BCUT2D eigenvalue weighted by atomic mass is 15.2. The van der Waals surface area contributed by atoms with Crippen LogP contribution in [0.5, 0.6) is 0 Å². The Morgan fingerprint density at radius 1 is 0.840 bits per heavy atom. The Morgan fingerprint density at radius 3 is 1.76 bits per heavy atom. The molecule has 0 N–H and O–H groups in total. The minimum Gasteiger partial charge on any atom is -0.304 e. The number of nitrogens with zero attached hydrogens (tertiary/aromatic N) is 2. The molecule has 132 valence electrons. The van der Waals surface area contributed by atoms with Crippen molar-refractivity contribution in [3.05, 3.63) is 71.8 Å². The van der Waals surface area contributed by atoms with Crippen LogP contribution in [0.25, 0.3) is 0 Å². The first-order chi connectivity index (χ1) is 12.1. The van der Waals surface area contributed by atoms with Gasteiger partial charge in [0.1, 0.15) is 0 Å². The maximum Gasteiger partial charge on any atom is 0.0231 e. The Labute approximate surface area is 152 Å². The molecule has 0 unspecified atom stereocenters. The maximum absolute atomic E-state index is 2.65. The van der Waals surface area contributed by atoms with Crippen molar-refractivity contribution in [2.75, 3.05) is 27.7 Å². The van der Waals surface area contributed by atoms with Gasteiger partial charge in [-0.1, -0.05) is 60.7 Å². The van der Waals surface area contributed by atoms with Crippen molar-refractivity contribution in [3.63, 3.8) is 0 Å². The lowest BCUT2D eigenvalue weighted by Crippen LogP contribution is -2.52. The first-order valence-electron chi connectivity index (χ1n) is 9.58. The van der Waals surface area contributed by atoms with Crippen molar-refractivity contribution in [1.29, 1.82) is 0 Å². The van der Waals surface area contributed by atoms with Gasteiger partial charge in [-0.15, -0.1) is 0 Å². The number of hydrogen-bond donors (Lipinski definition) is 0. The molecule has 2 aromatic rings. The van der Waals surface area contributed by atoms with E-state index in [1.807, 2.05) is 0 Å². The zero-order valence-electron chi connectivity index (χ0n) is 15.7. The van der Waals surface area contributed by atoms with Crippen molar-refractivity contribution in [3.8, 4) is 0 Å². The van der Waals surface area contributed by atoms with Crippen LogP contribution in [0.4, 0.5) is 0 Å². The summed E-state index contributed by atoms with van der Waals surface area (Å²) >= 11 is 0. The number of fused-ring (bicyclic) bond motifs is 4. The largest absolute Gasteiger partial charge is 0.304 e. The van der Waals surface area contributed by atoms with Gasteiger partial charge in [0.25, 0.3) is 0 Å². The summed E-state index contributed by atoms with van der Waals surface area (Å²) in [6.45, 7) is 1.19. The Morgan fingerprint density at radius 2 is 1.32 bits per heavy atom. The summed E-state index contributed by atoms with van der Waals surface area (Å²) in [5.41, 5.74) is 3.31. The molecule has 2 heteroatoms. The molecule has 2 heterocycles. The van der Waals surface area contributed by atoms with Gasteiger partial charge in [0.15, 0.2) is 0 Å². The average Bonchev–Trinajstić information content (AvgIpc) is 2.90. The van der Waals surface area contributed by atoms with Crippen LogP contribution in [0.15, 0.2) is 60.7 Å². The van der Waals surface area contributed by atoms with E-state index in [0.29, 0.717) is 23.4 Å². The maximum atomic E-state index is 2.65. The van der Waals surface area contributed by atoms with Crippen LogP contribution in [-0.2, 0) is 0 Å². The van der Waals surface area contributed by atoms with Crippen LogP contribution in [0.2, 0.25) is 0 Å². The molecule has 1 aliphatic carbocycles. The molecule has 2 aromatic carbocycles. The third-order valence-electron chi connectivity index (χ3n) is 6.87. The highest BCUT2D eigenvalue weighted by molar-refractivity contribution is 5.32. The second kappa shape index (κ2) is 6.59. The van der Waals surface area contributed by atoms with E-state index in [0.717, 1.165) is 0 Å². The molecule has 2 nitrogen and oxygen atoms in total. The van der Waals surface area contributed by atoms with Gasteiger partial charge in [0.05, 0.1) is 0 Å². The van der Waals surface area contributed by atoms with E-state index in [4.69, 9.17) is 0 Å². The van der Waals surface area contributed by atoms with E-state index >= 15 is 0 Å². The SMILES string of the molecule is CN1CCC2(N(C)C)C[C@@H](c3ccccc3)C1[C@H](c1ccccc1)C2. The molecule has 0 aromatic heterocycles. The van der Waals surface area contributed by atoms with E-state index in [9.17, 15) is 0 Å². The summed E-state index contributed by atoms with van der Waals surface area (Å²) in [6.07, 6.45) is 3.80. The van der Waals surface area contributed by atoms with E-state index in [1.54, 1.807) is 0 Å². The second-order valence-corrected chi connectivity index (χ2v) is 8.28. The Hall–Kier alpha value is -1.64. The molecular formula is C23H30N2. The highest BCUT2D eigenvalue weighted by Gasteiger charge is 2.51. The molecule has 1 saturated carbocycles. The van der Waals surface area contributed by atoms with Crippen LogP contribution < -0.4 is 0 Å². The van der Waals surface area contributed by atoms with Gasteiger partial charge in [0.2, 0.25) is 0 Å². The molecule has 0 amide bonds. The summed E-state index contributed by atoms with van der Waals surface area (Å²) < 4.78 is 0. The van der Waals surface area contributed by atoms with Crippen molar-refractivity contribution in [2.45, 2.75) is 42.7 Å². The topological polar surface area (TPSA) is 6.48 Å². The van der Waals surface area contributed by atoms with Gasteiger partial charge in [0, 0.05) is 23.4 Å². The van der Waals surface area contributed by atoms with E-state index < -0.39 is 0 Å². The highest BCUT2D eigenvalue weighted by Crippen LogP contribution is 2.53.